The summed E-state index contributed by atoms with van der Waals surface area (Å²) >= 11 is 5.82. The fraction of sp³-hybridized carbons (Fsp3) is 0.0500. The van der Waals surface area contributed by atoms with E-state index in [1.54, 1.807) is 6.08 Å². The van der Waals surface area contributed by atoms with E-state index in [0.717, 1.165) is 5.56 Å². The Morgan fingerprint density at radius 3 is 2.63 bits per heavy atom. The fourth-order valence-corrected chi connectivity index (χ4v) is 2.50. The standard InChI is InChI=1S/C20H16ClFN4O/c1-2-10-23-20(27)17-12-18(24-14-8-9-16(22)15(21)11-14)26-19(25-17)13-6-4-3-5-7-13/h2-9,11-12H,1,10H2,(H,23,27)(H,24,25,26). The molecule has 27 heavy (non-hydrogen) atoms. The Kier molecular flexibility index (Phi) is 5.78. The number of hydrogen-bond acceptors (Lipinski definition) is 4. The maximum atomic E-state index is 13.4. The molecule has 136 valence electrons. The summed E-state index contributed by atoms with van der Waals surface area (Å²) in [5, 5.41) is 5.71. The van der Waals surface area contributed by atoms with Crippen molar-refractivity contribution in [1.82, 2.24) is 15.3 Å². The van der Waals surface area contributed by atoms with Crippen molar-refractivity contribution in [2.45, 2.75) is 0 Å². The number of rotatable bonds is 6. The first-order valence-electron chi connectivity index (χ1n) is 8.12. The summed E-state index contributed by atoms with van der Waals surface area (Å²) in [7, 11) is 0. The first kappa shape index (κ1) is 18.5. The van der Waals surface area contributed by atoms with E-state index in [-0.39, 0.29) is 16.6 Å². The Balaban J connectivity index is 1.99. The van der Waals surface area contributed by atoms with Gasteiger partial charge in [0, 0.05) is 23.9 Å². The van der Waals surface area contributed by atoms with E-state index in [4.69, 9.17) is 11.6 Å². The SMILES string of the molecule is C=CCNC(=O)c1cc(Nc2ccc(F)c(Cl)c2)nc(-c2ccccc2)n1. The third-order valence-corrected chi connectivity index (χ3v) is 3.88. The molecule has 0 atom stereocenters. The molecule has 2 aromatic carbocycles. The lowest BCUT2D eigenvalue weighted by atomic mass is 10.2. The number of hydrogen-bond donors (Lipinski definition) is 2. The quantitative estimate of drug-likeness (QED) is 0.611. The second-order valence-electron chi connectivity index (χ2n) is 5.58. The Bertz CT molecular complexity index is 979. The average molecular weight is 383 g/mol. The number of nitrogens with zero attached hydrogens (tertiary/aromatic N) is 2. The van der Waals surface area contributed by atoms with Crippen LogP contribution in [0.25, 0.3) is 11.4 Å². The summed E-state index contributed by atoms with van der Waals surface area (Å²) in [5.41, 5.74) is 1.49. The Hall–Kier alpha value is -3.25. The highest BCUT2D eigenvalue weighted by Gasteiger charge is 2.13. The Labute approximate surface area is 160 Å². The van der Waals surface area contributed by atoms with Crippen molar-refractivity contribution in [3.63, 3.8) is 0 Å². The van der Waals surface area contributed by atoms with Gasteiger partial charge in [-0.25, -0.2) is 14.4 Å². The molecular formula is C20H16ClFN4O. The number of anilines is 2. The molecule has 7 heteroatoms. The number of nitrogens with one attached hydrogen (secondary N) is 2. The van der Waals surface area contributed by atoms with Crippen molar-refractivity contribution in [1.29, 1.82) is 0 Å². The fourth-order valence-electron chi connectivity index (χ4n) is 2.32. The third-order valence-electron chi connectivity index (χ3n) is 3.59. The van der Waals surface area contributed by atoms with Crippen LogP contribution < -0.4 is 10.6 Å². The van der Waals surface area contributed by atoms with Gasteiger partial charge in [0.2, 0.25) is 0 Å². The number of aromatic nitrogens is 2. The van der Waals surface area contributed by atoms with Crippen LogP contribution in [0.5, 0.6) is 0 Å². The molecule has 0 aliphatic heterocycles. The van der Waals surface area contributed by atoms with E-state index in [2.05, 4.69) is 27.2 Å². The van der Waals surface area contributed by atoms with Gasteiger partial charge in [-0.1, -0.05) is 48.0 Å². The van der Waals surface area contributed by atoms with E-state index < -0.39 is 5.82 Å². The lowest BCUT2D eigenvalue weighted by Gasteiger charge is -2.11. The molecule has 1 heterocycles. The van der Waals surface area contributed by atoms with Gasteiger partial charge in [-0.3, -0.25) is 4.79 Å². The minimum atomic E-state index is -0.514. The van der Waals surface area contributed by atoms with Crippen LogP contribution in [-0.4, -0.2) is 22.4 Å². The average Bonchev–Trinajstić information content (AvgIpc) is 2.69. The van der Waals surface area contributed by atoms with Crippen molar-refractivity contribution >= 4 is 29.0 Å². The molecule has 0 aliphatic rings. The monoisotopic (exact) mass is 382 g/mol. The molecule has 0 saturated carbocycles. The molecule has 0 bridgehead atoms. The highest BCUT2D eigenvalue weighted by Crippen LogP contribution is 2.24. The molecule has 2 N–H and O–H groups in total. The van der Waals surface area contributed by atoms with Gasteiger partial charge < -0.3 is 10.6 Å². The number of carbonyl (C=O) groups is 1. The van der Waals surface area contributed by atoms with Crippen LogP contribution in [0, 0.1) is 5.82 Å². The summed E-state index contributed by atoms with van der Waals surface area (Å²) in [6, 6.07) is 15.0. The molecule has 3 rings (SSSR count). The van der Waals surface area contributed by atoms with Gasteiger partial charge in [0.1, 0.15) is 17.3 Å². The topological polar surface area (TPSA) is 66.9 Å². The summed E-state index contributed by atoms with van der Waals surface area (Å²) in [6.07, 6.45) is 1.58. The summed E-state index contributed by atoms with van der Waals surface area (Å²) in [5.74, 6) is -0.0955. The van der Waals surface area contributed by atoms with Crippen LogP contribution in [0.1, 0.15) is 10.5 Å². The van der Waals surface area contributed by atoms with E-state index in [9.17, 15) is 9.18 Å². The predicted octanol–water partition coefficient (Wildman–Crippen LogP) is 4.60. The molecule has 1 aromatic heterocycles. The second kappa shape index (κ2) is 8.42. The van der Waals surface area contributed by atoms with Gasteiger partial charge in [0.25, 0.3) is 5.91 Å². The first-order chi connectivity index (χ1) is 13.1. The van der Waals surface area contributed by atoms with Crippen LogP contribution in [0.15, 0.2) is 67.3 Å². The van der Waals surface area contributed by atoms with Crippen LogP contribution in [0.2, 0.25) is 5.02 Å². The van der Waals surface area contributed by atoms with Crippen LogP contribution in [-0.2, 0) is 0 Å². The zero-order valence-corrected chi connectivity index (χ0v) is 15.0. The van der Waals surface area contributed by atoms with E-state index in [1.807, 2.05) is 30.3 Å². The molecule has 0 unspecified atom stereocenters. The number of halogens is 2. The number of amides is 1. The van der Waals surface area contributed by atoms with Crippen molar-refractivity contribution in [2.75, 3.05) is 11.9 Å². The summed E-state index contributed by atoms with van der Waals surface area (Å²) in [4.78, 5) is 21.1. The highest BCUT2D eigenvalue weighted by molar-refractivity contribution is 6.31. The van der Waals surface area contributed by atoms with Crippen molar-refractivity contribution in [3.05, 3.63) is 83.8 Å². The van der Waals surface area contributed by atoms with Gasteiger partial charge in [0.05, 0.1) is 5.02 Å². The van der Waals surface area contributed by atoms with Crippen molar-refractivity contribution < 1.29 is 9.18 Å². The normalized spacial score (nSPS) is 10.3. The summed E-state index contributed by atoms with van der Waals surface area (Å²) in [6.45, 7) is 3.90. The smallest absolute Gasteiger partial charge is 0.270 e. The van der Waals surface area contributed by atoms with Gasteiger partial charge >= 0.3 is 0 Å². The molecule has 0 radical (unpaired) electrons. The zero-order chi connectivity index (χ0) is 19.2. The minimum Gasteiger partial charge on any atom is -0.347 e. The first-order valence-corrected chi connectivity index (χ1v) is 8.50. The molecule has 5 nitrogen and oxygen atoms in total. The van der Waals surface area contributed by atoms with E-state index in [0.29, 0.717) is 23.9 Å². The molecule has 0 saturated heterocycles. The maximum Gasteiger partial charge on any atom is 0.270 e. The van der Waals surface area contributed by atoms with Gasteiger partial charge in [-0.05, 0) is 18.2 Å². The Morgan fingerprint density at radius 2 is 1.93 bits per heavy atom. The maximum absolute atomic E-state index is 13.4. The highest BCUT2D eigenvalue weighted by atomic mass is 35.5. The van der Waals surface area contributed by atoms with Gasteiger partial charge in [-0.15, -0.1) is 6.58 Å². The molecule has 0 aliphatic carbocycles. The molecular weight excluding hydrogens is 367 g/mol. The largest absolute Gasteiger partial charge is 0.347 e. The minimum absolute atomic E-state index is 0.0127. The van der Waals surface area contributed by atoms with Crippen molar-refractivity contribution in [2.24, 2.45) is 0 Å². The third kappa shape index (κ3) is 4.68. The van der Waals surface area contributed by atoms with E-state index >= 15 is 0 Å². The molecule has 0 spiro atoms. The second-order valence-corrected chi connectivity index (χ2v) is 5.99. The lowest BCUT2D eigenvalue weighted by Crippen LogP contribution is -2.24. The number of carbonyl (C=O) groups excluding carboxylic acids is 1. The van der Waals surface area contributed by atoms with E-state index in [1.165, 1.54) is 24.3 Å². The predicted molar refractivity (Wildman–Crippen MR) is 105 cm³/mol. The van der Waals surface area contributed by atoms with Crippen molar-refractivity contribution in [3.8, 4) is 11.4 Å². The molecule has 3 aromatic rings. The van der Waals surface area contributed by atoms with Crippen LogP contribution >= 0.6 is 11.6 Å². The lowest BCUT2D eigenvalue weighted by molar-refractivity contribution is 0.0953. The van der Waals surface area contributed by atoms with Gasteiger partial charge in [-0.2, -0.15) is 0 Å². The molecule has 0 fully saturated rings. The zero-order valence-electron chi connectivity index (χ0n) is 14.2. The number of benzene rings is 2. The Morgan fingerprint density at radius 1 is 1.15 bits per heavy atom. The van der Waals surface area contributed by atoms with Gasteiger partial charge in [0.15, 0.2) is 5.82 Å². The van der Waals surface area contributed by atoms with Crippen LogP contribution in [0.4, 0.5) is 15.9 Å². The van der Waals surface area contributed by atoms with Crippen LogP contribution in [0.3, 0.4) is 0 Å². The summed E-state index contributed by atoms with van der Waals surface area (Å²) < 4.78 is 13.4. The molecule has 1 amide bonds.